The van der Waals surface area contributed by atoms with E-state index in [-0.39, 0.29) is 12.5 Å². The van der Waals surface area contributed by atoms with Crippen LogP contribution in [-0.4, -0.2) is 48.7 Å². The molecule has 1 aromatic rings. The molecule has 0 aliphatic carbocycles. The Labute approximate surface area is 105 Å². The van der Waals surface area contributed by atoms with Crippen molar-refractivity contribution in [3.05, 3.63) is 17.5 Å². The highest BCUT2D eigenvalue weighted by atomic mass is 16.5. The maximum atomic E-state index is 12.1. The smallest absolute Gasteiger partial charge is 0.343 e. The monoisotopic (exact) mass is 252 g/mol. The van der Waals surface area contributed by atoms with Crippen LogP contribution in [0.3, 0.4) is 0 Å². The summed E-state index contributed by atoms with van der Waals surface area (Å²) < 4.78 is 11.9. The molecule has 0 fully saturated rings. The van der Waals surface area contributed by atoms with Crippen molar-refractivity contribution in [2.75, 3.05) is 27.3 Å². The first-order valence-corrected chi connectivity index (χ1v) is 5.79. The number of fused-ring (bicyclic) bond motifs is 1. The number of carbonyl (C=O) groups excluding carboxylic acids is 2. The van der Waals surface area contributed by atoms with E-state index in [2.05, 4.69) is 0 Å². The lowest BCUT2D eigenvalue weighted by atomic mass is 10.2. The zero-order chi connectivity index (χ0) is 13.3. The second kappa shape index (κ2) is 4.72. The van der Waals surface area contributed by atoms with Gasteiger partial charge in [0.25, 0.3) is 5.91 Å². The van der Waals surface area contributed by atoms with E-state index in [1.165, 1.54) is 7.11 Å². The van der Waals surface area contributed by atoms with Crippen molar-refractivity contribution >= 4 is 11.9 Å². The molecule has 1 aromatic heterocycles. The van der Waals surface area contributed by atoms with Gasteiger partial charge in [0.05, 0.1) is 13.7 Å². The van der Waals surface area contributed by atoms with Crippen LogP contribution in [0.1, 0.15) is 27.8 Å². The van der Waals surface area contributed by atoms with Crippen molar-refractivity contribution < 1.29 is 19.1 Å². The third kappa shape index (κ3) is 1.83. The zero-order valence-corrected chi connectivity index (χ0v) is 10.7. The number of nitrogens with zero attached hydrogens (tertiary/aromatic N) is 2. The lowest BCUT2D eigenvalue weighted by Crippen LogP contribution is -2.36. The molecule has 2 heterocycles. The van der Waals surface area contributed by atoms with Crippen LogP contribution in [-0.2, 0) is 11.3 Å². The minimum Gasteiger partial charge on any atom is -0.493 e. The van der Waals surface area contributed by atoms with Gasteiger partial charge in [-0.3, -0.25) is 4.79 Å². The van der Waals surface area contributed by atoms with E-state index in [0.717, 1.165) is 0 Å². The first-order chi connectivity index (χ1) is 8.60. The van der Waals surface area contributed by atoms with Crippen LogP contribution in [0, 0.1) is 0 Å². The fraction of sp³-hybridized carbons (Fsp3) is 0.500. The van der Waals surface area contributed by atoms with Crippen LogP contribution in [0.25, 0.3) is 0 Å². The molecule has 18 heavy (non-hydrogen) atoms. The molecule has 6 heteroatoms. The summed E-state index contributed by atoms with van der Waals surface area (Å²) in [6.07, 6.45) is 1.62. The Morgan fingerprint density at radius 2 is 2.17 bits per heavy atom. The molecule has 0 unspecified atom stereocenters. The van der Waals surface area contributed by atoms with Gasteiger partial charge in [-0.25, -0.2) is 4.79 Å². The third-order valence-electron chi connectivity index (χ3n) is 2.96. The summed E-state index contributed by atoms with van der Waals surface area (Å²) in [5, 5.41) is 0. The van der Waals surface area contributed by atoms with Crippen molar-refractivity contribution in [3.8, 4) is 5.75 Å². The highest BCUT2D eigenvalue weighted by Gasteiger charge is 2.31. The number of methoxy groups -OCH3 is 1. The largest absolute Gasteiger partial charge is 0.493 e. The molecule has 0 atom stereocenters. The predicted molar refractivity (Wildman–Crippen MR) is 63.9 cm³/mol. The number of amides is 1. The summed E-state index contributed by atoms with van der Waals surface area (Å²) >= 11 is 0. The molecule has 0 saturated heterocycles. The average molecular weight is 252 g/mol. The van der Waals surface area contributed by atoms with E-state index in [1.807, 2.05) is 0 Å². The number of ether oxygens (including phenoxy) is 2. The molecule has 2 rings (SSSR count). The first-order valence-electron chi connectivity index (χ1n) is 5.79. The van der Waals surface area contributed by atoms with Crippen LogP contribution in [0.5, 0.6) is 5.75 Å². The Morgan fingerprint density at radius 1 is 1.44 bits per heavy atom. The molecule has 0 aromatic carbocycles. The fourth-order valence-corrected chi connectivity index (χ4v) is 2.03. The third-order valence-corrected chi connectivity index (χ3v) is 2.96. The number of hydrogen-bond acceptors (Lipinski definition) is 4. The number of likely N-dealkylation sites (N-methyl/N-ethyl adjacent to an activating group) is 1. The second-order valence-electron chi connectivity index (χ2n) is 4.07. The lowest BCUT2D eigenvalue weighted by molar-refractivity contribution is 0.0523. The number of aromatic nitrogens is 1. The second-order valence-corrected chi connectivity index (χ2v) is 4.07. The summed E-state index contributed by atoms with van der Waals surface area (Å²) in [5.74, 6) is -0.314. The van der Waals surface area contributed by atoms with Crippen molar-refractivity contribution in [1.29, 1.82) is 0 Å². The van der Waals surface area contributed by atoms with Gasteiger partial charge in [0.15, 0.2) is 11.4 Å². The van der Waals surface area contributed by atoms with Crippen LogP contribution in [0.2, 0.25) is 0 Å². The summed E-state index contributed by atoms with van der Waals surface area (Å²) in [5.41, 5.74) is 0.715. The summed E-state index contributed by atoms with van der Waals surface area (Å²) in [6, 6.07) is 0. The molecule has 6 nitrogen and oxygen atoms in total. The van der Waals surface area contributed by atoms with Gasteiger partial charge in [0.1, 0.15) is 5.56 Å². The van der Waals surface area contributed by atoms with E-state index < -0.39 is 5.97 Å². The quantitative estimate of drug-likeness (QED) is 0.745. The molecular weight excluding hydrogens is 236 g/mol. The van der Waals surface area contributed by atoms with Crippen molar-refractivity contribution in [3.63, 3.8) is 0 Å². The highest BCUT2D eigenvalue weighted by molar-refractivity contribution is 6.02. The number of hydrogen-bond donors (Lipinski definition) is 0. The van der Waals surface area contributed by atoms with E-state index in [1.54, 1.807) is 29.6 Å². The predicted octanol–water partition coefficient (Wildman–Crippen LogP) is 0.759. The molecule has 1 aliphatic rings. The van der Waals surface area contributed by atoms with Crippen LogP contribution < -0.4 is 4.74 Å². The number of esters is 1. The summed E-state index contributed by atoms with van der Waals surface area (Å²) in [7, 11) is 3.17. The zero-order valence-electron chi connectivity index (χ0n) is 10.7. The van der Waals surface area contributed by atoms with Gasteiger partial charge in [0.2, 0.25) is 0 Å². The van der Waals surface area contributed by atoms with Gasteiger partial charge in [-0.2, -0.15) is 0 Å². The summed E-state index contributed by atoms with van der Waals surface area (Å²) in [4.78, 5) is 25.5. The molecule has 0 radical (unpaired) electrons. The number of carbonyl (C=O) groups is 2. The molecule has 0 spiro atoms. The Kier molecular flexibility index (Phi) is 3.27. The SMILES string of the molecule is CCOC(=O)c1cn2c(c1OC)C(=O)N(C)CC2. The topological polar surface area (TPSA) is 60.8 Å². The first kappa shape index (κ1) is 12.5. The molecule has 1 amide bonds. The molecule has 0 bridgehead atoms. The Balaban J connectivity index is 2.49. The van der Waals surface area contributed by atoms with Crippen LogP contribution in [0.15, 0.2) is 6.20 Å². The van der Waals surface area contributed by atoms with Crippen LogP contribution in [0.4, 0.5) is 0 Å². The Morgan fingerprint density at radius 3 is 2.78 bits per heavy atom. The molecular formula is C12H16N2O4. The lowest BCUT2D eigenvalue weighted by Gasteiger charge is -2.24. The van der Waals surface area contributed by atoms with E-state index in [4.69, 9.17) is 9.47 Å². The van der Waals surface area contributed by atoms with E-state index in [0.29, 0.717) is 30.1 Å². The van der Waals surface area contributed by atoms with Gasteiger partial charge >= 0.3 is 5.97 Å². The van der Waals surface area contributed by atoms with Gasteiger partial charge in [-0.05, 0) is 6.92 Å². The van der Waals surface area contributed by atoms with Crippen molar-refractivity contribution in [2.24, 2.45) is 0 Å². The molecule has 1 aliphatic heterocycles. The summed E-state index contributed by atoms with van der Waals surface area (Å²) in [6.45, 7) is 3.29. The molecule has 98 valence electrons. The Bertz CT molecular complexity index is 493. The molecule has 0 saturated carbocycles. The van der Waals surface area contributed by atoms with Crippen molar-refractivity contribution in [2.45, 2.75) is 13.5 Å². The minimum atomic E-state index is -0.466. The fourth-order valence-electron chi connectivity index (χ4n) is 2.03. The van der Waals surface area contributed by atoms with Gasteiger partial charge in [-0.1, -0.05) is 0 Å². The normalized spacial score (nSPS) is 14.4. The van der Waals surface area contributed by atoms with Crippen LogP contribution >= 0.6 is 0 Å². The Hall–Kier alpha value is -1.98. The van der Waals surface area contributed by atoms with Gasteiger partial charge < -0.3 is 18.9 Å². The van der Waals surface area contributed by atoms with Gasteiger partial charge in [-0.15, -0.1) is 0 Å². The maximum absolute atomic E-state index is 12.1. The standard InChI is InChI=1S/C12H16N2O4/c1-4-18-12(16)8-7-14-6-5-13(2)11(15)9(14)10(8)17-3/h7H,4-6H2,1-3H3. The van der Waals surface area contributed by atoms with Crippen molar-refractivity contribution in [1.82, 2.24) is 9.47 Å². The van der Waals surface area contributed by atoms with Gasteiger partial charge in [0, 0.05) is 26.3 Å². The maximum Gasteiger partial charge on any atom is 0.343 e. The average Bonchev–Trinajstić information content (AvgIpc) is 2.73. The molecule has 0 N–H and O–H groups in total. The van der Waals surface area contributed by atoms with E-state index >= 15 is 0 Å². The highest BCUT2D eigenvalue weighted by Crippen LogP contribution is 2.30. The van der Waals surface area contributed by atoms with E-state index in [9.17, 15) is 9.59 Å². The minimum absolute atomic E-state index is 0.145. The number of rotatable bonds is 3.